The molecule has 0 aliphatic heterocycles. The van der Waals surface area contributed by atoms with Crippen LogP contribution in [0.5, 0.6) is 0 Å². The Morgan fingerprint density at radius 1 is 1.16 bits per heavy atom. The Balaban J connectivity index is 1.53. The molecule has 0 saturated carbocycles. The van der Waals surface area contributed by atoms with E-state index in [-0.39, 0.29) is 18.0 Å². The molecule has 0 fully saturated rings. The number of esters is 1. The number of nitrogens with zero attached hydrogens (tertiary/aromatic N) is 3. The molecule has 10 heteroatoms. The number of fused-ring (bicyclic) bond motifs is 3. The predicted octanol–water partition coefficient (Wildman–Crippen LogP) is 3.86. The molecule has 8 nitrogen and oxygen atoms in total. The van der Waals surface area contributed by atoms with Gasteiger partial charge in [-0.2, -0.15) is 0 Å². The third kappa shape index (κ3) is 4.47. The van der Waals surface area contributed by atoms with Crippen LogP contribution in [0.3, 0.4) is 0 Å². The van der Waals surface area contributed by atoms with Crippen molar-refractivity contribution in [1.29, 1.82) is 0 Å². The Morgan fingerprint density at radius 2 is 1.91 bits per heavy atom. The summed E-state index contributed by atoms with van der Waals surface area (Å²) in [4.78, 5) is 49.4. The monoisotopic (exact) mass is 474 g/mol. The first-order valence-electron chi connectivity index (χ1n) is 10.7. The molecule has 3 aromatic rings. The lowest BCUT2D eigenvalue weighted by atomic mass is 9.97. The molecule has 1 aliphatic carbocycles. The molecule has 3 aromatic heterocycles. The number of hydrogen-bond acceptors (Lipinski definition) is 8. The number of ether oxygens (including phenoxy) is 1. The molecule has 0 bridgehead atoms. The molecule has 0 atom stereocenters. The number of carbonyl (C=O) groups is 2. The number of aromatic nitrogens is 3. The number of amides is 1. The molecular formula is C22H26N4O4S2. The van der Waals surface area contributed by atoms with Gasteiger partial charge in [0.15, 0.2) is 5.13 Å². The first-order chi connectivity index (χ1) is 15.2. The van der Waals surface area contributed by atoms with Crippen molar-refractivity contribution in [3.63, 3.8) is 0 Å². The summed E-state index contributed by atoms with van der Waals surface area (Å²) in [6.07, 6.45) is 4.07. The van der Waals surface area contributed by atoms with Gasteiger partial charge in [0.2, 0.25) is 5.91 Å². The van der Waals surface area contributed by atoms with Crippen LogP contribution in [0.1, 0.15) is 58.3 Å². The largest absolute Gasteiger partial charge is 0.461 e. The lowest BCUT2D eigenvalue weighted by molar-refractivity contribution is -0.116. The van der Waals surface area contributed by atoms with Crippen LogP contribution >= 0.6 is 22.7 Å². The molecule has 4 rings (SSSR count). The van der Waals surface area contributed by atoms with Gasteiger partial charge in [-0.1, -0.05) is 25.2 Å². The summed E-state index contributed by atoms with van der Waals surface area (Å²) in [5, 5.41) is 3.66. The van der Waals surface area contributed by atoms with Crippen molar-refractivity contribution < 1.29 is 14.3 Å². The van der Waals surface area contributed by atoms with E-state index in [0.29, 0.717) is 33.5 Å². The summed E-state index contributed by atoms with van der Waals surface area (Å²) >= 11 is 2.66. The fourth-order valence-electron chi connectivity index (χ4n) is 3.78. The number of anilines is 1. The normalized spacial score (nSPS) is 13.4. The van der Waals surface area contributed by atoms with Gasteiger partial charge >= 0.3 is 5.97 Å². The smallest absolute Gasteiger partial charge is 0.350 e. The maximum absolute atomic E-state index is 13.2. The van der Waals surface area contributed by atoms with Crippen molar-refractivity contribution in [3.8, 4) is 0 Å². The fourth-order valence-corrected chi connectivity index (χ4v) is 5.95. The van der Waals surface area contributed by atoms with E-state index in [1.54, 1.807) is 25.2 Å². The van der Waals surface area contributed by atoms with Crippen LogP contribution in [0, 0.1) is 19.8 Å². The minimum Gasteiger partial charge on any atom is -0.461 e. The van der Waals surface area contributed by atoms with Gasteiger partial charge in [-0.25, -0.2) is 14.8 Å². The van der Waals surface area contributed by atoms with Gasteiger partial charge in [0, 0.05) is 4.88 Å². The Labute approximate surface area is 193 Å². The van der Waals surface area contributed by atoms with Crippen LogP contribution in [0.15, 0.2) is 4.79 Å². The number of carbonyl (C=O) groups excluding carboxylic acids is 2. The molecule has 0 saturated heterocycles. The van der Waals surface area contributed by atoms with Gasteiger partial charge in [-0.15, -0.1) is 11.3 Å². The van der Waals surface area contributed by atoms with Crippen LogP contribution in [-0.4, -0.2) is 33.0 Å². The number of aryl methyl sites for hydroxylation is 4. The van der Waals surface area contributed by atoms with Gasteiger partial charge < -0.3 is 10.1 Å². The van der Waals surface area contributed by atoms with Crippen molar-refractivity contribution in [2.24, 2.45) is 5.92 Å². The zero-order valence-corrected chi connectivity index (χ0v) is 20.2. The number of hydrogen-bond donors (Lipinski definition) is 1. The van der Waals surface area contributed by atoms with Crippen molar-refractivity contribution in [2.75, 3.05) is 11.9 Å². The summed E-state index contributed by atoms with van der Waals surface area (Å²) in [7, 11) is 0. The highest BCUT2D eigenvalue weighted by Crippen LogP contribution is 2.33. The fraction of sp³-hybridized carbons (Fsp3) is 0.500. The van der Waals surface area contributed by atoms with E-state index in [4.69, 9.17) is 4.74 Å². The second kappa shape index (κ2) is 9.11. The van der Waals surface area contributed by atoms with Crippen LogP contribution < -0.4 is 10.9 Å². The average molecular weight is 475 g/mol. The highest BCUT2D eigenvalue weighted by molar-refractivity contribution is 7.19. The summed E-state index contributed by atoms with van der Waals surface area (Å²) in [6.45, 7) is 7.51. The highest BCUT2D eigenvalue weighted by Gasteiger charge is 2.23. The SMILES string of the molecule is Cc1nc(NC(=O)Cn2c(C)nc3sc4c(c3c2=O)CCCC4)sc1C(=O)OCC(C)C. The minimum atomic E-state index is -0.446. The zero-order valence-electron chi connectivity index (χ0n) is 18.6. The predicted molar refractivity (Wildman–Crippen MR) is 126 cm³/mol. The van der Waals surface area contributed by atoms with Crippen LogP contribution in [0.25, 0.3) is 10.2 Å². The molecule has 1 N–H and O–H groups in total. The van der Waals surface area contributed by atoms with Crippen molar-refractivity contribution in [2.45, 2.75) is 59.9 Å². The molecule has 0 unspecified atom stereocenters. The standard InChI is InChI=1S/C22H26N4O4S2/c1-11(2)10-30-21(29)18-12(3)23-22(32-18)25-16(27)9-26-13(4)24-19-17(20(26)28)14-7-5-6-8-15(14)31-19/h11H,5-10H2,1-4H3,(H,23,25,27). The molecule has 3 heterocycles. The Kier molecular flexibility index (Phi) is 6.43. The lowest BCUT2D eigenvalue weighted by Gasteiger charge is -2.11. The Hall–Kier alpha value is -2.59. The quantitative estimate of drug-likeness (QED) is 0.544. The molecule has 1 aliphatic rings. The maximum atomic E-state index is 13.2. The van der Waals surface area contributed by atoms with E-state index >= 15 is 0 Å². The van der Waals surface area contributed by atoms with E-state index in [9.17, 15) is 14.4 Å². The van der Waals surface area contributed by atoms with Gasteiger partial charge in [0.25, 0.3) is 5.56 Å². The lowest BCUT2D eigenvalue weighted by Crippen LogP contribution is -2.30. The number of thiophene rings is 1. The number of thiazole rings is 1. The van der Waals surface area contributed by atoms with Crippen LogP contribution in [-0.2, 0) is 28.9 Å². The van der Waals surface area contributed by atoms with Gasteiger partial charge in [0.05, 0.1) is 17.7 Å². The molecule has 32 heavy (non-hydrogen) atoms. The zero-order chi connectivity index (χ0) is 23.0. The topological polar surface area (TPSA) is 103 Å². The minimum absolute atomic E-state index is 0.163. The Bertz CT molecular complexity index is 1260. The van der Waals surface area contributed by atoms with Crippen molar-refractivity contribution in [3.05, 3.63) is 37.2 Å². The van der Waals surface area contributed by atoms with E-state index in [0.717, 1.165) is 47.4 Å². The average Bonchev–Trinajstić information content (AvgIpc) is 3.28. The van der Waals surface area contributed by atoms with E-state index in [2.05, 4.69) is 15.3 Å². The van der Waals surface area contributed by atoms with E-state index < -0.39 is 11.9 Å². The van der Waals surface area contributed by atoms with Gasteiger partial charge in [-0.05, 0) is 51.0 Å². The number of nitrogens with one attached hydrogen (secondary N) is 1. The molecule has 1 amide bonds. The first kappa shape index (κ1) is 22.6. The first-order valence-corrected chi connectivity index (χ1v) is 12.3. The van der Waals surface area contributed by atoms with E-state index in [1.807, 2.05) is 13.8 Å². The molecule has 0 aromatic carbocycles. The second-order valence-electron chi connectivity index (χ2n) is 8.42. The summed E-state index contributed by atoms with van der Waals surface area (Å²) < 4.78 is 6.67. The van der Waals surface area contributed by atoms with Crippen LogP contribution in [0.2, 0.25) is 0 Å². The van der Waals surface area contributed by atoms with Gasteiger partial charge in [0.1, 0.15) is 22.1 Å². The van der Waals surface area contributed by atoms with Gasteiger partial charge in [-0.3, -0.25) is 14.2 Å². The summed E-state index contributed by atoms with van der Waals surface area (Å²) in [6, 6.07) is 0. The maximum Gasteiger partial charge on any atom is 0.350 e. The van der Waals surface area contributed by atoms with Crippen LogP contribution in [0.4, 0.5) is 5.13 Å². The summed E-state index contributed by atoms with van der Waals surface area (Å²) in [5.41, 5.74) is 1.43. The Morgan fingerprint density at radius 3 is 2.66 bits per heavy atom. The molecule has 0 spiro atoms. The van der Waals surface area contributed by atoms with E-state index in [1.165, 1.54) is 9.44 Å². The molecule has 170 valence electrons. The summed E-state index contributed by atoms with van der Waals surface area (Å²) in [5.74, 6) is -0.105. The van der Waals surface area contributed by atoms with Crippen molar-refractivity contribution >= 4 is 49.9 Å². The molecular weight excluding hydrogens is 448 g/mol. The number of rotatable bonds is 6. The third-order valence-corrected chi connectivity index (χ3v) is 7.58. The third-order valence-electron chi connectivity index (χ3n) is 5.34. The second-order valence-corrected chi connectivity index (χ2v) is 10.5. The highest BCUT2D eigenvalue weighted by atomic mass is 32.1. The van der Waals surface area contributed by atoms with Crippen molar-refractivity contribution in [1.82, 2.24) is 14.5 Å². The molecule has 0 radical (unpaired) electrons.